The van der Waals surface area contributed by atoms with Gasteiger partial charge in [-0.25, -0.2) is 0 Å². The SMILES string of the molecule is Cc1ccc(N2C[C@@H](C(=O)Nc3cc(C)c(Br)c(C)c3)CC2=O)cc1[N+](=O)[O-]. The van der Waals surface area contributed by atoms with E-state index in [0.717, 1.165) is 15.6 Å². The summed E-state index contributed by atoms with van der Waals surface area (Å²) >= 11 is 3.50. The number of rotatable bonds is 4. The van der Waals surface area contributed by atoms with Gasteiger partial charge in [0.15, 0.2) is 0 Å². The Morgan fingerprint density at radius 3 is 2.43 bits per heavy atom. The normalized spacial score (nSPS) is 16.4. The lowest BCUT2D eigenvalue weighted by molar-refractivity contribution is -0.385. The van der Waals surface area contributed by atoms with Crippen LogP contribution in [-0.4, -0.2) is 23.3 Å². The molecule has 1 fully saturated rings. The Bertz CT molecular complexity index is 966. The molecule has 2 aromatic carbocycles. The van der Waals surface area contributed by atoms with Gasteiger partial charge in [-0.2, -0.15) is 0 Å². The summed E-state index contributed by atoms with van der Waals surface area (Å²) in [5.74, 6) is -0.975. The fourth-order valence-electron chi connectivity index (χ4n) is 3.36. The molecule has 0 bridgehead atoms. The summed E-state index contributed by atoms with van der Waals surface area (Å²) in [7, 11) is 0. The molecule has 7 nitrogen and oxygen atoms in total. The highest BCUT2D eigenvalue weighted by Gasteiger charge is 2.35. The van der Waals surface area contributed by atoms with Crippen molar-refractivity contribution < 1.29 is 14.5 Å². The van der Waals surface area contributed by atoms with Crippen LogP contribution in [0.15, 0.2) is 34.8 Å². The quantitative estimate of drug-likeness (QED) is 0.561. The Morgan fingerprint density at radius 2 is 1.82 bits per heavy atom. The number of nitro benzene ring substituents is 1. The molecule has 0 spiro atoms. The van der Waals surface area contributed by atoms with E-state index in [1.165, 1.54) is 11.0 Å². The largest absolute Gasteiger partial charge is 0.326 e. The van der Waals surface area contributed by atoms with E-state index < -0.39 is 10.8 Å². The Hall–Kier alpha value is -2.74. The third-order valence-corrected chi connectivity index (χ3v) is 6.15. The molecule has 1 aliphatic rings. The number of nitrogens with zero attached hydrogens (tertiary/aromatic N) is 2. The molecule has 2 amide bonds. The fourth-order valence-corrected chi connectivity index (χ4v) is 3.59. The minimum atomic E-state index is -0.517. The van der Waals surface area contributed by atoms with Crippen LogP contribution >= 0.6 is 15.9 Å². The highest BCUT2D eigenvalue weighted by molar-refractivity contribution is 9.10. The molecule has 146 valence electrons. The van der Waals surface area contributed by atoms with Crippen molar-refractivity contribution in [2.45, 2.75) is 27.2 Å². The van der Waals surface area contributed by atoms with Crippen molar-refractivity contribution in [1.82, 2.24) is 0 Å². The molecule has 1 saturated heterocycles. The molecule has 1 aliphatic heterocycles. The first kappa shape index (κ1) is 20.0. The van der Waals surface area contributed by atoms with Crippen LogP contribution in [0.1, 0.15) is 23.1 Å². The van der Waals surface area contributed by atoms with Gasteiger partial charge in [0.25, 0.3) is 5.69 Å². The van der Waals surface area contributed by atoms with Gasteiger partial charge in [0.05, 0.1) is 16.5 Å². The van der Waals surface area contributed by atoms with Gasteiger partial charge in [0.1, 0.15) is 0 Å². The van der Waals surface area contributed by atoms with Gasteiger partial charge in [-0.3, -0.25) is 19.7 Å². The van der Waals surface area contributed by atoms with Crippen LogP contribution in [-0.2, 0) is 9.59 Å². The maximum atomic E-state index is 12.7. The van der Waals surface area contributed by atoms with Gasteiger partial charge in [-0.15, -0.1) is 0 Å². The Morgan fingerprint density at radius 1 is 1.18 bits per heavy atom. The number of hydrogen-bond donors (Lipinski definition) is 1. The zero-order chi connectivity index (χ0) is 20.6. The molecule has 0 radical (unpaired) electrons. The molecule has 0 unspecified atom stereocenters. The van der Waals surface area contributed by atoms with Crippen molar-refractivity contribution in [3.8, 4) is 0 Å². The maximum absolute atomic E-state index is 12.7. The van der Waals surface area contributed by atoms with Crippen molar-refractivity contribution in [3.63, 3.8) is 0 Å². The molecular formula is C20H20BrN3O4. The molecule has 2 aromatic rings. The molecule has 0 aromatic heterocycles. The third-order valence-electron chi connectivity index (χ3n) is 4.90. The summed E-state index contributed by atoms with van der Waals surface area (Å²) in [6, 6.07) is 8.40. The highest BCUT2D eigenvalue weighted by atomic mass is 79.9. The number of hydrogen-bond acceptors (Lipinski definition) is 4. The number of aryl methyl sites for hydroxylation is 3. The Kier molecular flexibility index (Phi) is 5.51. The fraction of sp³-hybridized carbons (Fsp3) is 0.300. The van der Waals surface area contributed by atoms with E-state index >= 15 is 0 Å². The van der Waals surface area contributed by atoms with Crippen molar-refractivity contribution in [1.29, 1.82) is 0 Å². The van der Waals surface area contributed by atoms with Crippen LogP contribution in [0.5, 0.6) is 0 Å². The zero-order valence-electron chi connectivity index (χ0n) is 15.8. The smallest absolute Gasteiger partial charge is 0.274 e. The van der Waals surface area contributed by atoms with E-state index in [-0.39, 0.29) is 30.5 Å². The zero-order valence-corrected chi connectivity index (χ0v) is 17.4. The van der Waals surface area contributed by atoms with Gasteiger partial charge in [0.2, 0.25) is 11.8 Å². The number of amides is 2. The molecule has 1 atom stereocenters. The molecule has 0 saturated carbocycles. The van der Waals surface area contributed by atoms with E-state index in [1.54, 1.807) is 19.1 Å². The van der Waals surface area contributed by atoms with E-state index in [2.05, 4.69) is 21.2 Å². The van der Waals surface area contributed by atoms with Crippen LogP contribution < -0.4 is 10.2 Å². The van der Waals surface area contributed by atoms with Gasteiger partial charge < -0.3 is 10.2 Å². The minimum Gasteiger partial charge on any atom is -0.326 e. The molecule has 0 aliphatic carbocycles. The van der Waals surface area contributed by atoms with Gasteiger partial charge >= 0.3 is 0 Å². The van der Waals surface area contributed by atoms with Gasteiger partial charge in [0, 0.05) is 34.8 Å². The number of halogens is 1. The van der Waals surface area contributed by atoms with Crippen LogP contribution in [0.4, 0.5) is 17.1 Å². The highest BCUT2D eigenvalue weighted by Crippen LogP contribution is 2.31. The number of anilines is 2. The minimum absolute atomic E-state index is 0.0426. The number of carbonyl (C=O) groups is 2. The summed E-state index contributed by atoms with van der Waals surface area (Å²) in [4.78, 5) is 37.2. The predicted octanol–water partition coefficient (Wildman–Crippen LogP) is 4.27. The van der Waals surface area contributed by atoms with Crippen molar-refractivity contribution in [2.75, 3.05) is 16.8 Å². The lowest BCUT2D eigenvalue weighted by atomic mass is 10.1. The van der Waals surface area contributed by atoms with Crippen LogP contribution in [0.3, 0.4) is 0 Å². The van der Waals surface area contributed by atoms with Crippen molar-refractivity contribution in [2.24, 2.45) is 5.92 Å². The van der Waals surface area contributed by atoms with E-state index in [1.807, 2.05) is 26.0 Å². The second-order valence-corrected chi connectivity index (χ2v) is 7.84. The number of carbonyl (C=O) groups excluding carboxylic acids is 2. The maximum Gasteiger partial charge on any atom is 0.274 e. The number of nitrogens with one attached hydrogen (secondary N) is 1. The first-order chi connectivity index (χ1) is 13.2. The van der Waals surface area contributed by atoms with E-state index in [9.17, 15) is 19.7 Å². The summed E-state index contributed by atoms with van der Waals surface area (Å²) in [6.45, 7) is 5.72. The number of nitro groups is 1. The van der Waals surface area contributed by atoms with Crippen molar-refractivity contribution in [3.05, 3.63) is 61.6 Å². The van der Waals surface area contributed by atoms with Crippen LogP contribution in [0.2, 0.25) is 0 Å². The third kappa shape index (κ3) is 3.91. The van der Waals surface area contributed by atoms with E-state index in [0.29, 0.717) is 16.9 Å². The van der Waals surface area contributed by atoms with Crippen LogP contribution in [0.25, 0.3) is 0 Å². The second-order valence-electron chi connectivity index (χ2n) is 7.05. The average molecular weight is 446 g/mol. The Balaban J connectivity index is 1.76. The molecular weight excluding hydrogens is 426 g/mol. The van der Waals surface area contributed by atoms with Gasteiger partial charge in [-0.05, 0) is 50.1 Å². The summed E-state index contributed by atoms with van der Waals surface area (Å²) < 4.78 is 0.994. The standard InChI is InChI=1S/C20H20BrN3O4/c1-11-4-5-16(9-17(11)24(27)28)23-10-14(8-18(23)25)20(26)22-15-6-12(2)19(21)13(3)7-15/h4-7,9,14H,8,10H2,1-3H3,(H,22,26)/t14-/m0/s1. The number of benzene rings is 2. The average Bonchev–Trinajstić information content (AvgIpc) is 3.01. The van der Waals surface area contributed by atoms with Crippen molar-refractivity contribution >= 4 is 44.8 Å². The molecule has 1 N–H and O–H groups in total. The van der Waals surface area contributed by atoms with E-state index in [4.69, 9.17) is 0 Å². The molecule has 28 heavy (non-hydrogen) atoms. The topological polar surface area (TPSA) is 92.6 Å². The molecule has 3 rings (SSSR count). The van der Waals surface area contributed by atoms with Gasteiger partial charge in [-0.1, -0.05) is 22.0 Å². The lowest BCUT2D eigenvalue weighted by Crippen LogP contribution is -2.28. The Labute approximate surface area is 171 Å². The first-order valence-electron chi connectivity index (χ1n) is 8.80. The lowest BCUT2D eigenvalue weighted by Gasteiger charge is -2.17. The first-order valence-corrected chi connectivity index (χ1v) is 9.59. The van der Waals surface area contributed by atoms with Crippen LogP contribution in [0, 0.1) is 36.8 Å². The predicted molar refractivity (Wildman–Crippen MR) is 111 cm³/mol. The second kappa shape index (κ2) is 7.71. The summed E-state index contributed by atoms with van der Waals surface area (Å²) in [5, 5.41) is 14.0. The summed E-state index contributed by atoms with van der Waals surface area (Å²) in [6.07, 6.45) is 0.0714. The molecule has 1 heterocycles. The monoisotopic (exact) mass is 445 g/mol. The molecule has 8 heteroatoms. The summed E-state index contributed by atoms with van der Waals surface area (Å²) in [5.41, 5.74) is 3.61.